The first-order valence-electron chi connectivity index (χ1n) is 6.69. The maximum absolute atomic E-state index is 6.25. The Balaban J connectivity index is 1.86. The molecule has 0 spiro atoms. The van der Waals surface area contributed by atoms with Crippen molar-refractivity contribution in [2.45, 2.75) is 32.2 Å². The number of hydrogen-bond acceptors (Lipinski definition) is 3. The van der Waals surface area contributed by atoms with Crippen LogP contribution in [0, 0.1) is 0 Å². The van der Waals surface area contributed by atoms with E-state index in [1.54, 1.807) is 12.4 Å². The van der Waals surface area contributed by atoms with E-state index in [1.807, 2.05) is 12.1 Å². The molecule has 1 aliphatic rings. The van der Waals surface area contributed by atoms with Gasteiger partial charge in [-0.1, -0.05) is 29.3 Å². The number of halogens is 2. The van der Waals surface area contributed by atoms with Crippen LogP contribution in [-0.2, 0) is 12.8 Å². The molecule has 20 heavy (non-hydrogen) atoms. The molecule has 0 saturated heterocycles. The average Bonchev–Trinajstić information content (AvgIpc) is 2.87. The summed E-state index contributed by atoms with van der Waals surface area (Å²) in [7, 11) is 0. The molecule has 1 atom stereocenters. The van der Waals surface area contributed by atoms with E-state index in [4.69, 9.17) is 23.2 Å². The third-order valence-electron chi connectivity index (χ3n) is 3.66. The topological polar surface area (TPSA) is 37.8 Å². The summed E-state index contributed by atoms with van der Waals surface area (Å²) in [6.07, 6.45) is 4.86. The number of nitrogens with one attached hydrogen (secondary N) is 1. The summed E-state index contributed by atoms with van der Waals surface area (Å²) in [4.78, 5) is 8.71. The maximum atomic E-state index is 6.25. The molecule has 0 fully saturated rings. The summed E-state index contributed by atoms with van der Waals surface area (Å²) in [6, 6.07) is 5.63. The highest BCUT2D eigenvalue weighted by atomic mass is 35.5. The molecular weight excluding hydrogens is 293 g/mol. The second-order valence-electron chi connectivity index (χ2n) is 5.03. The van der Waals surface area contributed by atoms with Gasteiger partial charge >= 0.3 is 0 Å². The Morgan fingerprint density at radius 3 is 2.85 bits per heavy atom. The van der Waals surface area contributed by atoms with Crippen LogP contribution >= 0.6 is 23.2 Å². The molecule has 3 nitrogen and oxygen atoms in total. The molecule has 1 aliphatic carbocycles. The molecule has 1 aromatic heterocycles. The highest BCUT2D eigenvalue weighted by Crippen LogP contribution is 2.31. The Labute approximate surface area is 128 Å². The van der Waals surface area contributed by atoms with Crippen LogP contribution in [0.25, 0.3) is 0 Å². The van der Waals surface area contributed by atoms with E-state index in [9.17, 15) is 0 Å². The molecule has 0 amide bonds. The standard InChI is InChI=1S/C15H15Cl2N3/c1-9(11-6-5-10(16)7-13(11)17)20-15-12-3-2-4-14(12)18-8-19-15/h5-9H,2-4H2,1H3,(H,18,19,20). The highest BCUT2D eigenvalue weighted by Gasteiger charge is 2.19. The van der Waals surface area contributed by atoms with E-state index in [0.29, 0.717) is 10.0 Å². The number of anilines is 1. The van der Waals surface area contributed by atoms with Crippen LogP contribution in [0.1, 0.15) is 36.2 Å². The van der Waals surface area contributed by atoms with Gasteiger partial charge in [-0.05, 0) is 43.9 Å². The molecule has 1 heterocycles. The minimum absolute atomic E-state index is 0.0689. The fourth-order valence-electron chi connectivity index (χ4n) is 2.62. The van der Waals surface area contributed by atoms with E-state index >= 15 is 0 Å². The first kappa shape index (κ1) is 13.7. The van der Waals surface area contributed by atoms with Gasteiger partial charge in [0.2, 0.25) is 0 Å². The lowest BCUT2D eigenvalue weighted by atomic mass is 10.1. The van der Waals surface area contributed by atoms with Gasteiger partial charge in [-0.15, -0.1) is 0 Å². The molecule has 0 bridgehead atoms. The molecular formula is C15H15Cl2N3. The van der Waals surface area contributed by atoms with Crippen LogP contribution in [0.5, 0.6) is 0 Å². The molecule has 104 valence electrons. The van der Waals surface area contributed by atoms with Crippen LogP contribution in [0.3, 0.4) is 0 Å². The Hall–Kier alpha value is -1.32. The van der Waals surface area contributed by atoms with E-state index in [2.05, 4.69) is 22.2 Å². The van der Waals surface area contributed by atoms with Gasteiger partial charge in [-0.2, -0.15) is 0 Å². The lowest BCUT2D eigenvalue weighted by molar-refractivity contribution is 0.863. The van der Waals surface area contributed by atoms with Crippen molar-refractivity contribution in [1.29, 1.82) is 0 Å². The first-order chi connectivity index (χ1) is 9.65. The number of nitrogens with zero attached hydrogens (tertiary/aromatic N) is 2. The van der Waals surface area contributed by atoms with Gasteiger partial charge in [0.1, 0.15) is 12.1 Å². The predicted octanol–water partition coefficient (Wildman–Crippen LogP) is 4.45. The van der Waals surface area contributed by atoms with Crippen LogP contribution in [0.15, 0.2) is 24.5 Å². The van der Waals surface area contributed by atoms with Gasteiger partial charge < -0.3 is 5.32 Å². The molecule has 1 N–H and O–H groups in total. The van der Waals surface area contributed by atoms with E-state index < -0.39 is 0 Å². The fourth-order valence-corrected chi connectivity index (χ4v) is 3.19. The smallest absolute Gasteiger partial charge is 0.133 e. The zero-order valence-electron chi connectivity index (χ0n) is 11.2. The summed E-state index contributed by atoms with van der Waals surface area (Å²) in [5.41, 5.74) is 3.42. The van der Waals surface area contributed by atoms with Crippen LogP contribution < -0.4 is 5.32 Å². The molecule has 0 aliphatic heterocycles. The van der Waals surface area contributed by atoms with Crippen molar-refractivity contribution in [1.82, 2.24) is 9.97 Å². The van der Waals surface area contributed by atoms with Gasteiger partial charge in [0, 0.05) is 21.3 Å². The van der Waals surface area contributed by atoms with Gasteiger partial charge in [0.25, 0.3) is 0 Å². The number of aromatic nitrogens is 2. The van der Waals surface area contributed by atoms with E-state index in [1.165, 1.54) is 5.56 Å². The van der Waals surface area contributed by atoms with E-state index in [0.717, 1.165) is 36.3 Å². The van der Waals surface area contributed by atoms with Crippen molar-refractivity contribution in [3.05, 3.63) is 51.4 Å². The summed E-state index contributed by atoms with van der Waals surface area (Å²) in [5, 5.41) is 4.76. The zero-order chi connectivity index (χ0) is 14.1. The van der Waals surface area contributed by atoms with Crippen molar-refractivity contribution in [3.8, 4) is 0 Å². The maximum Gasteiger partial charge on any atom is 0.133 e. The Bertz CT molecular complexity index is 643. The molecule has 1 aromatic carbocycles. The number of aryl methyl sites for hydroxylation is 1. The summed E-state index contributed by atoms with van der Waals surface area (Å²) >= 11 is 12.2. The van der Waals surface area contributed by atoms with E-state index in [-0.39, 0.29) is 6.04 Å². The van der Waals surface area contributed by atoms with Crippen molar-refractivity contribution in [3.63, 3.8) is 0 Å². The second kappa shape index (κ2) is 5.58. The van der Waals surface area contributed by atoms with Crippen LogP contribution in [0.2, 0.25) is 10.0 Å². The molecule has 0 saturated carbocycles. The zero-order valence-corrected chi connectivity index (χ0v) is 12.7. The number of benzene rings is 1. The van der Waals surface area contributed by atoms with Crippen LogP contribution in [0.4, 0.5) is 5.82 Å². The summed E-state index contributed by atoms with van der Waals surface area (Å²) in [5.74, 6) is 0.922. The molecule has 3 rings (SSSR count). The lowest BCUT2D eigenvalue weighted by Gasteiger charge is -2.18. The first-order valence-corrected chi connectivity index (χ1v) is 7.45. The monoisotopic (exact) mass is 307 g/mol. The largest absolute Gasteiger partial charge is 0.363 e. The van der Waals surface area contributed by atoms with Crippen LogP contribution in [-0.4, -0.2) is 9.97 Å². The van der Waals surface area contributed by atoms with Gasteiger partial charge in [-0.25, -0.2) is 9.97 Å². The Kier molecular flexibility index (Phi) is 3.81. The van der Waals surface area contributed by atoms with Gasteiger partial charge in [0.15, 0.2) is 0 Å². The van der Waals surface area contributed by atoms with Gasteiger partial charge in [0.05, 0.1) is 6.04 Å². The van der Waals surface area contributed by atoms with Crippen molar-refractivity contribution in [2.24, 2.45) is 0 Å². The third-order valence-corrected chi connectivity index (χ3v) is 4.22. The van der Waals surface area contributed by atoms with Crippen molar-refractivity contribution < 1.29 is 0 Å². The van der Waals surface area contributed by atoms with Crippen molar-refractivity contribution >= 4 is 29.0 Å². The third kappa shape index (κ3) is 2.60. The van der Waals surface area contributed by atoms with Crippen molar-refractivity contribution in [2.75, 3.05) is 5.32 Å². The lowest BCUT2D eigenvalue weighted by Crippen LogP contribution is -2.11. The minimum Gasteiger partial charge on any atom is -0.363 e. The predicted molar refractivity (Wildman–Crippen MR) is 82.6 cm³/mol. The second-order valence-corrected chi connectivity index (χ2v) is 5.88. The Morgan fingerprint density at radius 2 is 2.05 bits per heavy atom. The summed E-state index contributed by atoms with van der Waals surface area (Å²) in [6.45, 7) is 2.07. The number of hydrogen-bond donors (Lipinski definition) is 1. The molecule has 1 unspecified atom stereocenters. The summed E-state index contributed by atoms with van der Waals surface area (Å²) < 4.78 is 0. The molecule has 5 heteroatoms. The minimum atomic E-state index is 0.0689. The highest BCUT2D eigenvalue weighted by molar-refractivity contribution is 6.35. The average molecular weight is 308 g/mol. The Morgan fingerprint density at radius 1 is 1.20 bits per heavy atom. The van der Waals surface area contributed by atoms with Gasteiger partial charge in [-0.3, -0.25) is 0 Å². The quantitative estimate of drug-likeness (QED) is 0.910. The SMILES string of the molecule is CC(Nc1ncnc2c1CCC2)c1ccc(Cl)cc1Cl. The molecule has 0 radical (unpaired) electrons. The number of fused-ring (bicyclic) bond motifs is 1. The number of rotatable bonds is 3. The molecule has 2 aromatic rings. The normalized spacial score (nSPS) is 14.9. The fraction of sp³-hybridized carbons (Fsp3) is 0.333.